The van der Waals surface area contributed by atoms with Gasteiger partial charge in [-0.3, -0.25) is 4.99 Å². The van der Waals surface area contributed by atoms with Gasteiger partial charge >= 0.3 is 0 Å². The van der Waals surface area contributed by atoms with Crippen LogP contribution in [0.3, 0.4) is 0 Å². The zero-order valence-electron chi connectivity index (χ0n) is 14.6. The molecule has 2 aromatic carbocycles. The van der Waals surface area contributed by atoms with E-state index < -0.39 is 0 Å². The molecule has 0 radical (unpaired) electrons. The van der Waals surface area contributed by atoms with Crippen LogP contribution < -0.4 is 10.6 Å². The average molecular weight is 474 g/mol. The third-order valence-electron chi connectivity index (χ3n) is 3.61. The highest BCUT2D eigenvalue weighted by Crippen LogP contribution is 2.10. The lowest BCUT2D eigenvalue weighted by atomic mass is 10.1. The minimum Gasteiger partial charge on any atom is -0.380 e. The van der Waals surface area contributed by atoms with Crippen molar-refractivity contribution >= 4 is 41.5 Å². The van der Waals surface area contributed by atoms with Crippen LogP contribution in [0.15, 0.2) is 53.5 Å². The predicted molar refractivity (Wildman–Crippen MR) is 116 cm³/mol. The smallest absolute Gasteiger partial charge is 0.191 e. The first kappa shape index (κ1) is 21.7. The minimum absolute atomic E-state index is 0. The third-order valence-corrected chi connectivity index (χ3v) is 3.85. The SMILES string of the molecule is CN=C(NCCc1cccc(Cl)c1)NCc1ccc(COC)cc1.I. The molecular formula is C19H25ClIN3O. The molecule has 0 bridgehead atoms. The second-order valence-corrected chi connectivity index (χ2v) is 5.92. The van der Waals surface area contributed by atoms with E-state index in [1.54, 1.807) is 14.2 Å². The van der Waals surface area contributed by atoms with Crippen LogP contribution >= 0.6 is 35.6 Å². The van der Waals surface area contributed by atoms with Crippen LogP contribution in [0.1, 0.15) is 16.7 Å². The first-order valence-corrected chi connectivity index (χ1v) is 8.35. The summed E-state index contributed by atoms with van der Waals surface area (Å²) in [7, 11) is 3.48. The maximum Gasteiger partial charge on any atom is 0.191 e. The van der Waals surface area contributed by atoms with Crippen LogP contribution in [0.25, 0.3) is 0 Å². The number of guanidine groups is 1. The highest BCUT2D eigenvalue weighted by molar-refractivity contribution is 14.0. The number of ether oxygens (including phenoxy) is 1. The van der Waals surface area contributed by atoms with E-state index in [1.807, 2.05) is 18.2 Å². The summed E-state index contributed by atoms with van der Waals surface area (Å²) in [5, 5.41) is 7.40. The van der Waals surface area contributed by atoms with Gasteiger partial charge in [-0.05, 0) is 35.2 Å². The van der Waals surface area contributed by atoms with Gasteiger partial charge in [-0.15, -0.1) is 24.0 Å². The van der Waals surface area contributed by atoms with Crippen LogP contribution in [0, 0.1) is 0 Å². The van der Waals surface area contributed by atoms with Crippen LogP contribution in [0.5, 0.6) is 0 Å². The number of aliphatic imine (C=N–C) groups is 1. The van der Waals surface area contributed by atoms with Crippen molar-refractivity contribution in [2.45, 2.75) is 19.6 Å². The summed E-state index contributed by atoms with van der Waals surface area (Å²) < 4.78 is 5.12. The van der Waals surface area contributed by atoms with Crippen molar-refractivity contribution in [3.63, 3.8) is 0 Å². The molecule has 0 saturated heterocycles. The molecule has 0 fully saturated rings. The van der Waals surface area contributed by atoms with E-state index in [-0.39, 0.29) is 24.0 Å². The predicted octanol–water partition coefficient (Wildman–Crippen LogP) is 4.01. The summed E-state index contributed by atoms with van der Waals surface area (Å²) in [5.74, 6) is 0.790. The number of rotatable bonds is 7. The lowest BCUT2D eigenvalue weighted by Crippen LogP contribution is -2.37. The second kappa shape index (κ2) is 12.1. The Labute approximate surface area is 172 Å². The Morgan fingerprint density at radius 2 is 1.76 bits per heavy atom. The van der Waals surface area contributed by atoms with Gasteiger partial charge in [0.1, 0.15) is 0 Å². The lowest BCUT2D eigenvalue weighted by molar-refractivity contribution is 0.185. The van der Waals surface area contributed by atoms with Gasteiger partial charge in [-0.2, -0.15) is 0 Å². The Balaban J connectivity index is 0.00000312. The molecule has 0 spiro atoms. The lowest BCUT2D eigenvalue weighted by Gasteiger charge is -2.12. The van der Waals surface area contributed by atoms with E-state index in [2.05, 4.69) is 46.0 Å². The van der Waals surface area contributed by atoms with Gasteiger partial charge in [0, 0.05) is 32.3 Å². The normalized spacial score (nSPS) is 10.9. The molecule has 2 aromatic rings. The highest BCUT2D eigenvalue weighted by atomic mass is 127. The molecule has 0 atom stereocenters. The molecule has 0 unspecified atom stereocenters. The summed E-state index contributed by atoms with van der Waals surface area (Å²) in [5.41, 5.74) is 3.58. The molecular weight excluding hydrogens is 449 g/mol. The number of hydrogen-bond acceptors (Lipinski definition) is 2. The van der Waals surface area contributed by atoms with E-state index in [0.717, 1.165) is 30.5 Å². The molecule has 2 N–H and O–H groups in total. The van der Waals surface area contributed by atoms with Gasteiger partial charge in [0.15, 0.2) is 5.96 Å². The molecule has 0 aromatic heterocycles. The second-order valence-electron chi connectivity index (χ2n) is 5.48. The average Bonchev–Trinajstić information content (AvgIpc) is 2.59. The van der Waals surface area contributed by atoms with Gasteiger partial charge < -0.3 is 15.4 Å². The maximum atomic E-state index is 6.00. The number of nitrogens with zero attached hydrogens (tertiary/aromatic N) is 1. The Bertz CT molecular complexity index is 662. The number of methoxy groups -OCH3 is 1. The fraction of sp³-hybridized carbons (Fsp3) is 0.316. The zero-order chi connectivity index (χ0) is 17.2. The van der Waals surface area contributed by atoms with E-state index in [4.69, 9.17) is 16.3 Å². The summed E-state index contributed by atoms with van der Waals surface area (Å²) in [4.78, 5) is 4.25. The van der Waals surface area contributed by atoms with E-state index in [9.17, 15) is 0 Å². The molecule has 0 aliphatic carbocycles. The number of hydrogen-bond donors (Lipinski definition) is 2. The van der Waals surface area contributed by atoms with Gasteiger partial charge in [-0.25, -0.2) is 0 Å². The fourth-order valence-electron chi connectivity index (χ4n) is 2.34. The largest absolute Gasteiger partial charge is 0.380 e. The van der Waals surface area contributed by atoms with E-state index >= 15 is 0 Å². The Hall–Kier alpha value is -1.31. The zero-order valence-corrected chi connectivity index (χ0v) is 17.7. The van der Waals surface area contributed by atoms with Crippen molar-refractivity contribution in [3.8, 4) is 0 Å². The monoisotopic (exact) mass is 473 g/mol. The number of nitrogens with one attached hydrogen (secondary N) is 2. The Morgan fingerprint density at radius 1 is 1.04 bits per heavy atom. The van der Waals surface area contributed by atoms with Crippen LogP contribution in [0.4, 0.5) is 0 Å². The van der Waals surface area contributed by atoms with Crippen molar-refractivity contribution in [1.82, 2.24) is 10.6 Å². The first-order valence-electron chi connectivity index (χ1n) is 7.97. The molecule has 0 aliphatic rings. The van der Waals surface area contributed by atoms with Crippen LogP contribution in [0.2, 0.25) is 5.02 Å². The summed E-state index contributed by atoms with van der Waals surface area (Å²) >= 11 is 6.00. The van der Waals surface area contributed by atoms with E-state index in [0.29, 0.717) is 6.61 Å². The number of halogens is 2. The molecule has 136 valence electrons. The molecule has 0 aliphatic heterocycles. The summed E-state index contributed by atoms with van der Waals surface area (Å²) in [6.45, 7) is 2.16. The van der Waals surface area contributed by atoms with Gasteiger partial charge in [0.25, 0.3) is 0 Å². The standard InChI is InChI=1S/C19H24ClN3O.HI/c1-21-19(22-11-10-15-4-3-5-18(20)12-15)23-13-16-6-8-17(9-7-16)14-24-2;/h3-9,12H,10-11,13-14H2,1-2H3,(H2,21,22,23);1H. The minimum atomic E-state index is 0. The molecule has 0 saturated carbocycles. The van der Waals surface area contributed by atoms with Crippen molar-refractivity contribution in [2.24, 2.45) is 4.99 Å². The van der Waals surface area contributed by atoms with Crippen molar-refractivity contribution < 1.29 is 4.74 Å². The topological polar surface area (TPSA) is 45.7 Å². The third kappa shape index (κ3) is 8.07. The van der Waals surface area contributed by atoms with Crippen molar-refractivity contribution in [2.75, 3.05) is 20.7 Å². The molecule has 2 rings (SSSR count). The quantitative estimate of drug-likeness (QED) is 0.363. The Kier molecular flexibility index (Phi) is 10.5. The van der Waals surface area contributed by atoms with Gasteiger partial charge in [0.2, 0.25) is 0 Å². The van der Waals surface area contributed by atoms with Gasteiger partial charge in [0.05, 0.1) is 6.61 Å². The van der Waals surface area contributed by atoms with Crippen molar-refractivity contribution in [1.29, 1.82) is 0 Å². The molecule has 4 nitrogen and oxygen atoms in total. The highest BCUT2D eigenvalue weighted by Gasteiger charge is 2.00. The Morgan fingerprint density at radius 3 is 2.40 bits per heavy atom. The molecule has 0 heterocycles. The van der Waals surface area contributed by atoms with Crippen LogP contribution in [-0.4, -0.2) is 26.7 Å². The van der Waals surface area contributed by atoms with Crippen molar-refractivity contribution in [3.05, 3.63) is 70.2 Å². The maximum absolute atomic E-state index is 6.00. The fourth-order valence-corrected chi connectivity index (χ4v) is 2.56. The summed E-state index contributed by atoms with van der Waals surface area (Å²) in [6, 6.07) is 16.3. The number of benzene rings is 2. The first-order chi connectivity index (χ1) is 11.7. The summed E-state index contributed by atoms with van der Waals surface area (Å²) in [6.07, 6.45) is 0.896. The van der Waals surface area contributed by atoms with Crippen LogP contribution in [-0.2, 0) is 24.3 Å². The van der Waals surface area contributed by atoms with Gasteiger partial charge in [-0.1, -0.05) is 48.0 Å². The molecule has 25 heavy (non-hydrogen) atoms. The van der Waals surface area contributed by atoms with E-state index in [1.165, 1.54) is 16.7 Å². The molecule has 0 amide bonds. The molecule has 6 heteroatoms.